The first kappa shape index (κ1) is 25.8. The van der Waals surface area contributed by atoms with Crippen LogP contribution in [0.1, 0.15) is 23.6 Å². The highest BCUT2D eigenvalue weighted by atomic mass is 127. The summed E-state index contributed by atoms with van der Waals surface area (Å²) >= 11 is 0. The van der Waals surface area contributed by atoms with Gasteiger partial charge in [0.05, 0.1) is 6.61 Å². The van der Waals surface area contributed by atoms with Gasteiger partial charge in [-0.05, 0) is 37.1 Å². The Hall–Kier alpha value is -2.24. The Kier molecular flexibility index (Phi) is 10.7. The molecule has 1 aromatic heterocycles. The molecule has 10 heteroatoms. The molecule has 2 N–H and O–H groups in total. The second-order valence-corrected chi connectivity index (χ2v) is 6.23. The van der Waals surface area contributed by atoms with E-state index in [1.54, 1.807) is 32.3 Å². The molecule has 1 heterocycles. The molecule has 0 aliphatic carbocycles. The number of hydrogen-bond donors (Lipinski definition) is 2. The lowest BCUT2D eigenvalue weighted by Crippen LogP contribution is -2.36. The molecule has 0 atom stereocenters. The van der Waals surface area contributed by atoms with E-state index in [0.29, 0.717) is 30.6 Å². The van der Waals surface area contributed by atoms with Crippen LogP contribution < -0.4 is 20.1 Å². The first-order valence-corrected chi connectivity index (χ1v) is 9.12. The third-order valence-electron chi connectivity index (χ3n) is 3.84. The molecule has 0 saturated heterocycles. The number of nitrogens with one attached hydrogen (secondary N) is 2. The lowest BCUT2D eigenvalue weighted by Gasteiger charge is -2.16. The zero-order chi connectivity index (χ0) is 21.3. The molecule has 1 aromatic carbocycles. The van der Waals surface area contributed by atoms with E-state index in [1.165, 1.54) is 0 Å². The summed E-state index contributed by atoms with van der Waals surface area (Å²) in [5.41, 5.74) is 2.37. The van der Waals surface area contributed by atoms with Crippen molar-refractivity contribution in [2.45, 2.75) is 33.1 Å². The summed E-state index contributed by atoms with van der Waals surface area (Å²) in [6.07, 6.45) is -2.73. The zero-order valence-corrected chi connectivity index (χ0v) is 19.4. The molecule has 0 spiro atoms. The smallest absolute Gasteiger partial charge is 0.422 e. The van der Waals surface area contributed by atoms with Crippen molar-refractivity contribution >= 4 is 29.9 Å². The Morgan fingerprint density at radius 2 is 1.83 bits per heavy atom. The lowest BCUT2D eigenvalue weighted by molar-refractivity contribution is -0.153. The molecule has 0 saturated carbocycles. The molecule has 0 fully saturated rings. The topological polar surface area (TPSA) is 67.8 Å². The second kappa shape index (κ2) is 12.5. The third kappa shape index (κ3) is 9.06. The molecular weight excluding hydrogens is 512 g/mol. The largest absolute Gasteiger partial charge is 0.484 e. The van der Waals surface area contributed by atoms with Crippen LogP contribution in [-0.2, 0) is 13.1 Å². The Bertz CT molecular complexity index is 832. The fourth-order valence-corrected chi connectivity index (χ4v) is 2.47. The van der Waals surface area contributed by atoms with Crippen molar-refractivity contribution in [2.24, 2.45) is 4.99 Å². The van der Waals surface area contributed by atoms with Crippen molar-refractivity contribution in [3.05, 3.63) is 53.2 Å². The van der Waals surface area contributed by atoms with Gasteiger partial charge in [-0.1, -0.05) is 12.1 Å². The number of halogens is 4. The number of benzene rings is 1. The molecule has 2 aromatic rings. The summed E-state index contributed by atoms with van der Waals surface area (Å²) in [6, 6.07) is 8.82. The highest BCUT2D eigenvalue weighted by Crippen LogP contribution is 2.23. The number of alkyl halides is 3. The van der Waals surface area contributed by atoms with E-state index < -0.39 is 12.8 Å². The van der Waals surface area contributed by atoms with Crippen molar-refractivity contribution in [3.8, 4) is 11.6 Å². The van der Waals surface area contributed by atoms with Crippen LogP contribution in [0.25, 0.3) is 0 Å². The maximum absolute atomic E-state index is 12.5. The van der Waals surface area contributed by atoms with Crippen LogP contribution in [-0.4, -0.2) is 37.4 Å². The lowest BCUT2D eigenvalue weighted by atomic mass is 10.1. The number of guanidine groups is 1. The van der Waals surface area contributed by atoms with E-state index in [-0.39, 0.29) is 36.3 Å². The minimum Gasteiger partial charge on any atom is -0.484 e. The van der Waals surface area contributed by atoms with Gasteiger partial charge < -0.3 is 20.1 Å². The van der Waals surface area contributed by atoms with Gasteiger partial charge in [0.2, 0.25) is 5.88 Å². The van der Waals surface area contributed by atoms with Crippen LogP contribution >= 0.6 is 24.0 Å². The number of aromatic nitrogens is 1. The molecule has 0 bridgehead atoms. The molecule has 0 unspecified atom stereocenters. The SMILES string of the molecule is CCOc1cc(CNC(=NC)NCc2ccc(C)cc2OCC(F)(F)F)ccn1.I. The van der Waals surface area contributed by atoms with E-state index in [9.17, 15) is 13.2 Å². The number of pyridine rings is 1. The van der Waals surface area contributed by atoms with Crippen LogP contribution in [0, 0.1) is 6.92 Å². The average molecular weight is 538 g/mol. The highest BCUT2D eigenvalue weighted by molar-refractivity contribution is 14.0. The predicted octanol–water partition coefficient (Wildman–Crippen LogP) is 4.21. The number of ether oxygens (including phenoxy) is 2. The Morgan fingerprint density at radius 1 is 1.10 bits per heavy atom. The summed E-state index contributed by atoms with van der Waals surface area (Å²) in [5.74, 6) is 1.24. The van der Waals surface area contributed by atoms with E-state index in [0.717, 1.165) is 11.1 Å². The van der Waals surface area contributed by atoms with Gasteiger partial charge in [-0.25, -0.2) is 4.98 Å². The average Bonchev–Trinajstić information content (AvgIpc) is 2.67. The Balaban J connectivity index is 0.00000450. The number of nitrogens with zero attached hydrogens (tertiary/aromatic N) is 2. The predicted molar refractivity (Wildman–Crippen MR) is 121 cm³/mol. The van der Waals surface area contributed by atoms with Gasteiger partial charge in [0.25, 0.3) is 0 Å². The first-order chi connectivity index (χ1) is 13.8. The molecule has 2 rings (SSSR count). The Morgan fingerprint density at radius 3 is 2.50 bits per heavy atom. The first-order valence-electron chi connectivity index (χ1n) is 9.12. The highest BCUT2D eigenvalue weighted by Gasteiger charge is 2.28. The van der Waals surface area contributed by atoms with Gasteiger partial charge >= 0.3 is 6.18 Å². The van der Waals surface area contributed by atoms with Gasteiger partial charge in [0.1, 0.15) is 5.75 Å². The normalized spacial score (nSPS) is 11.5. The van der Waals surface area contributed by atoms with Gasteiger partial charge in [0.15, 0.2) is 12.6 Å². The maximum atomic E-state index is 12.5. The summed E-state index contributed by atoms with van der Waals surface area (Å²) < 4.78 is 47.8. The molecule has 6 nitrogen and oxygen atoms in total. The molecule has 30 heavy (non-hydrogen) atoms. The number of aryl methyl sites for hydroxylation is 1. The minimum atomic E-state index is -4.39. The monoisotopic (exact) mass is 538 g/mol. The number of aliphatic imine (C=N–C) groups is 1. The molecule has 166 valence electrons. The van der Waals surface area contributed by atoms with Crippen molar-refractivity contribution in [2.75, 3.05) is 20.3 Å². The van der Waals surface area contributed by atoms with Gasteiger partial charge in [0, 0.05) is 38.0 Å². The van der Waals surface area contributed by atoms with E-state index in [1.807, 2.05) is 25.1 Å². The van der Waals surface area contributed by atoms with Crippen LogP contribution in [0.2, 0.25) is 0 Å². The van der Waals surface area contributed by atoms with Crippen molar-refractivity contribution in [1.82, 2.24) is 15.6 Å². The fraction of sp³-hybridized carbons (Fsp3) is 0.400. The van der Waals surface area contributed by atoms with Crippen molar-refractivity contribution < 1.29 is 22.6 Å². The van der Waals surface area contributed by atoms with Crippen LogP contribution in [0.15, 0.2) is 41.5 Å². The number of hydrogen-bond acceptors (Lipinski definition) is 4. The van der Waals surface area contributed by atoms with Gasteiger partial charge in [-0.15, -0.1) is 24.0 Å². The van der Waals surface area contributed by atoms with Crippen LogP contribution in [0.3, 0.4) is 0 Å². The van der Waals surface area contributed by atoms with E-state index >= 15 is 0 Å². The summed E-state index contributed by atoms with van der Waals surface area (Å²) in [6.45, 7) is 3.61. The number of rotatable bonds is 8. The third-order valence-corrected chi connectivity index (χ3v) is 3.84. The van der Waals surface area contributed by atoms with E-state index in [4.69, 9.17) is 9.47 Å². The zero-order valence-electron chi connectivity index (χ0n) is 17.0. The van der Waals surface area contributed by atoms with E-state index in [2.05, 4.69) is 20.6 Å². The molecule has 0 aliphatic rings. The second-order valence-electron chi connectivity index (χ2n) is 6.23. The minimum absolute atomic E-state index is 0. The Labute approximate surface area is 191 Å². The molecule has 0 radical (unpaired) electrons. The summed E-state index contributed by atoms with van der Waals surface area (Å²) in [4.78, 5) is 8.25. The van der Waals surface area contributed by atoms with Crippen molar-refractivity contribution in [1.29, 1.82) is 0 Å². The summed E-state index contributed by atoms with van der Waals surface area (Å²) in [5, 5.41) is 6.23. The van der Waals surface area contributed by atoms with Gasteiger partial charge in [-0.3, -0.25) is 4.99 Å². The molecule has 0 aliphatic heterocycles. The van der Waals surface area contributed by atoms with Crippen LogP contribution in [0.4, 0.5) is 13.2 Å². The quantitative estimate of drug-likeness (QED) is 0.300. The molecular formula is C20H26F3IN4O2. The standard InChI is InChI=1S/C20H25F3N4O2.HI/c1-4-28-18-10-15(7-8-25-18)11-26-19(24-3)27-12-16-6-5-14(2)9-17(16)29-13-20(21,22)23;/h5-10H,4,11-13H2,1-3H3,(H2,24,26,27);1H. The fourth-order valence-electron chi connectivity index (χ4n) is 2.47. The van der Waals surface area contributed by atoms with Crippen LogP contribution in [0.5, 0.6) is 11.6 Å². The molecule has 0 amide bonds. The maximum Gasteiger partial charge on any atom is 0.422 e. The van der Waals surface area contributed by atoms with Gasteiger partial charge in [-0.2, -0.15) is 13.2 Å². The van der Waals surface area contributed by atoms with Crippen molar-refractivity contribution in [3.63, 3.8) is 0 Å². The summed E-state index contributed by atoms with van der Waals surface area (Å²) in [7, 11) is 1.61.